The van der Waals surface area contributed by atoms with E-state index in [9.17, 15) is 9.59 Å². The molecule has 0 radical (unpaired) electrons. The molecular formula is C24H21BrClN5O3. The van der Waals surface area contributed by atoms with Crippen LogP contribution in [0.4, 0.5) is 10.5 Å². The summed E-state index contributed by atoms with van der Waals surface area (Å²) in [4.78, 5) is 28.7. The maximum absolute atomic E-state index is 14.0. The molecule has 3 aromatic heterocycles. The minimum atomic E-state index is -0.581. The Morgan fingerprint density at radius 3 is 2.56 bits per heavy atom. The van der Waals surface area contributed by atoms with Crippen LogP contribution in [0.3, 0.4) is 0 Å². The summed E-state index contributed by atoms with van der Waals surface area (Å²) in [6.45, 7) is 7.56. The van der Waals surface area contributed by atoms with E-state index >= 15 is 0 Å². The number of aromatic nitrogens is 4. The van der Waals surface area contributed by atoms with Crippen LogP contribution in [-0.2, 0) is 4.74 Å². The topological polar surface area (TPSA) is 81.7 Å². The van der Waals surface area contributed by atoms with E-state index in [0.717, 1.165) is 16.8 Å². The molecule has 1 amide bonds. The van der Waals surface area contributed by atoms with E-state index in [1.165, 1.54) is 4.57 Å². The second-order valence-corrected chi connectivity index (χ2v) is 9.35. The molecule has 34 heavy (non-hydrogen) atoms. The van der Waals surface area contributed by atoms with Gasteiger partial charge in [-0.15, -0.1) is 10.2 Å². The minimum Gasteiger partial charge on any atom is -0.449 e. The predicted octanol–water partition coefficient (Wildman–Crippen LogP) is 5.63. The highest BCUT2D eigenvalue weighted by atomic mass is 79.9. The Labute approximate surface area is 209 Å². The third kappa shape index (κ3) is 3.25. The maximum atomic E-state index is 14.0. The molecule has 174 valence electrons. The first-order valence-electron chi connectivity index (χ1n) is 10.7. The molecule has 0 saturated carbocycles. The van der Waals surface area contributed by atoms with Crippen molar-refractivity contribution in [2.75, 3.05) is 11.5 Å². The molecule has 0 aliphatic carbocycles. The number of carbonyl (C=O) groups excluding carboxylic acids is 2. The Morgan fingerprint density at radius 2 is 1.88 bits per heavy atom. The third-order valence-electron chi connectivity index (χ3n) is 6.09. The number of carbonyl (C=O) groups is 2. The second-order valence-electron chi connectivity index (χ2n) is 8.16. The van der Waals surface area contributed by atoms with Gasteiger partial charge < -0.3 is 4.74 Å². The Bertz CT molecular complexity index is 1470. The molecule has 1 unspecified atom stereocenters. The molecule has 0 N–H and O–H groups in total. The molecule has 4 heterocycles. The summed E-state index contributed by atoms with van der Waals surface area (Å²) in [5.74, 6) is 0.503. The Hall–Kier alpha value is -3.17. The molecule has 4 aromatic rings. The standard InChI is InChI=1S/C24H21BrClN5O3/c1-5-34-24(33)31-20-18(13(3)21(31)25)23(32)30(19(20)15-6-8-16(26)9-7-15)17-10-12(2)22-28-27-14(4)29(22)11-17/h6-11,19H,5H2,1-4H3. The third-order valence-corrected chi connectivity index (χ3v) is 7.29. The number of rotatable bonds is 3. The molecule has 5 rings (SSSR count). The van der Waals surface area contributed by atoms with Crippen molar-refractivity contribution in [3.63, 3.8) is 0 Å². The lowest BCUT2D eigenvalue weighted by atomic mass is 10.0. The lowest BCUT2D eigenvalue weighted by molar-refractivity contribution is 0.0992. The summed E-state index contributed by atoms with van der Waals surface area (Å²) in [7, 11) is 0. The van der Waals surface area contributed by atoms with E-state index in [1.807, 2.05) is 49.6 Å². The smallest absolute Gasteiger partial charge is 0.419 e. The zero-order valence-electron chi connectivity index (χ0n) is 19.0. The van der Waals surface area contributed by atoms with Crippen molar-refractivity contribution < 1.29 is 14.3 Å². The van der Waals surface area contributed by atoms with E-state index in [-0.39, 0.29) is 12.5 Å². The van der Waals surface area contributed by atoms with Crippen molar-refractivity contribution in [3.05, 3.63) is 79.9 Å². The van der Waals surface area contributed by atoms with Crippen molar-refractivity contribution in [1.82, 2.24) is 19.2 Å². The fraction of sp³-hybridized carbons (Fsp3) is 0.250. The number of pyridine rings is 1. The average molecular weight is 543 g/mol. The molecule has 10 heteroatoms. The van der Waals surface area contributed by atoms with Gasteiger partial charge in [-0.2, -0.15) is 0 Å². The molecule has 0 spiro atoms. The summed E-state index contributed by atoms with van der Waals surface area (Å²) in [5, 5.41) is 8.97. The second kappa shape index (κ2) is 8.25. The number of ether oxygens (including phenoxy) is 1. The number of amides is 1. The van der Waals surface area contributed by atoms with Crippen molar-refractivity contribution in [1.29, 1.82) is 0 Å². The Kier molecular flexibility index (Phi) is 5.49. The maximum Gasteiger partial charge on any atom is 0.419 e. The van der Waals surface area contributed by atoms with Crippen LogP contribution >= 0.6 is 27.5 Å². The first-order valence-corrected chi connectivity index (χ1v) is 11.9. The molecule has 1 aliphatic heterocycles. The zero-order valence-corrected chi connectivity index (χ0v) is 21.3. The van der Waals surface area contributed by atoms with E-state index in [1.54, 1.807) is 24.0 Å². The molecular weight excluding hydrogens is 522 g/mol. The molecule has 1 aliphatic rings. The van der Waals surface area contributed by atoms with Crippen molar-refractivity contribution in [3.8, 4) is 0 Å². The van der Waals surface area contributed by atoms with E-state index in [4.69, 9.17) is 16.3 Å². The number of nitrogens with zero attached hydrogens (tertiary/aromatic N) is 5. The lowest BCUT2D eigenvalue weighted by Crippen LogP contribution is -2.31. The highest BCUT2D eigenvalue weighted by Gasteiger charge is 2.45. The number of hydrogen-bond acceptors (Lipinski definition) is 5. The van der Waals surface area contributed by atoms with Gasteiger partial charge in [0.15, 0.2) is 5.65 Å². The van der Waals surface area contributed by atoms with E-state index in [2.05, 4.69) is 26.1 Å². The van der Waals surface area contributed by atoms with Crippen molar-refractivity contribution in [2.45, 2.75) is 33.7 Å². The summed E-state index contributed by atoms with van der Waals surface area (Å²) in [5.41, 5.74) is 4.77. The molecule has 0 fully saturated rings. The fourth-order valence-electron chi connectivity index (χ4n) is 4.53. The van der Waals surface area contributed by atoms with Gasteiger partial charge in [0.25, 0.3) is 5.91 Å². The first kappa shape index (κ1) is 22.6. The monoisotopic (exact) mass is 541 g/mol. The van der Waals surface area contributed by atoms with Crippen LogP contribution in [-0.4, -0.2) is 37.8 Å². The van der Waals surface area contributed by atoms with E-state index in [0.29, 0.717) is 38.0 Å². The summed E-state index contributed by atoms with van der Waals surface area (Å²) in [6.07, 6.45) is 1.30. The van der Waals surface area contributed by atoms with Crippen LogP contribution in [0.2, 0.25) is 5.02 Å². The fourth-order valence-corrected chi connectivity index (χ4v) is 5.19. The summed E-state index contributed by atoms with van der Waals surface area (Å²) in [6, 6.07) is 8.61. The van der Waals surface area contributed by atoms with Gasteiger partial charge in [0.1, 0.15) is 11.9 Å². The molecule has 0 saturated heterocycles. The van der Waals surface area contributed by atoms with Gasteiger partial charge in [0.2, 0.25) is 0 Å². The number of hydrogen-bond donors (Lipinski definition) is 0. The van der Waals surface area contributed by atoms with Crippen molar-refractivity contribution in [2.24, 2.45) is 0 Å². The van der Waals surface area contributed by atoms with Gasteiger partial charge in [0.05, 0.1) is 28.2 Å². The zero-order chi connectivity index (χ0) is 24.3. The number of anilines is 1. The molecule has 1 atom stereocenters. The quantitative estimate of drug-likeness (QED) is 0.335. The number of benzene rings is 1. The Morgan fingerprint density at radius 1 is 1.18 bits per heavy atom. The molecule has 8 nitrogen and oxygen atoms in total. The minimum absolute atomic E-state index is 0.208. The SMILES string of the molecule is CCOC(=O)n1c(Br)c(C)c2c1C(c1ccc(Cl)cc1)N(c1cc(C)c3nnc(C)n3c1)C2=O. The van der Waals surface area contributed by atoms with Crippen LogP contribution in [0.5, 0.6) is 0 Å². The van der Waals surface area contributed by atoms with E-state index < -0.39 is 12.1 Å². The first-order chi connectivity index (χ1) is 16.2. The molecule has 1 aromatic carbocycles. The van der Waals surface area contributed by atoms with Crippen LogP contribution in [0.1, 0.15) is 51.5 Å². The largest absolute Gasteiger partial charge is 0.449 e. The summed E-state index contributed by atoms with van der Waals surface area (Å²) >= 11 is 9.67. The van der Waals surface area contributed by atoms with Crippen molar-refractivity contribution >= 4 is 50.9 Å². The van der Waals surface area contributed by atoms with Crippen LogP contribution in [0.25, 0.3) is 5.65 Å². The van der Waals surface area contributed by atoms with Crippen LogP contribution in [0.15, 0.2) is 41.1 Å². The van der Waals surface area contributed by atoms with Gasteiger partial charge in [-0.3, -0.25) is 14.1 Å². The molecule has 0 bridgehead atoms. The van der Waals surface area contributed by atoms with Gasteiger partial charge >= 0.3 is 6.09 Å². The summed E-state index contributed by atoms with van der Waals surface area (Å²) < 4.78 is 9.14. The highest BCUT2D eigenvalue weighted by Crippen LogP contribution is 2.46. The lowest BCUT2D eigenvalue weighted by Gasteiger charge is -2.27. The Balaban J connectivity index is 1.79. The van der Waals surface area contributed by atoms with Gasteiger partial charge in [-0.1, -0.05) is 23.7 Å². The number of fused-ring (bicyclic) bond motifs is 2. The number of aryl methyl sites for hydroxylation is 2. The van der Waals surface area contributed by atoms with Crippen LogP contribution < -0.4 is 4.90 Å². The normalized spacial score (nSPS) is 15.3. The number of halogens is 2. The predicted molar refractivity (Wildman–Crippen MR) is 132 cm³/mol. The van der Waals surface area contributed by atoms with Gasteiger partial charge in [-0.05, 0) is 78.5 Å². The highest BCUT2D eigenvalue weighted by molar-refractivity contribution is 9.10. The van der Waals surface area contributed by atoms with Crippen LogP contribution in [0, 0.1) is 20.8 Å². The van der Waals surface area contributed by atoms with Gasteiger partial charge in [-0.25, -0.2) is 9.36 Å². The van der Waals surface area contributed by atoms with Gasteiger partial charge in [0, 0.05) is 11.2 Å². The average Bonchev–Trinajstić information content (AvgIpc) is 3.40.